The Balaban J connectivity index is 2.65. The highest BCUT2D eigenvalue weighted by molar-refractivity contribution is 14.1. The Kier molecular flexibility index (Phi) is 16.1. The first-order valence-corrected chi connectivity index (χ1v) is 31.5. The lowest BCUT2D eigenvalue weighted by molar-refractivity contribution is -0.267. The Morgan fingerprint density at radius 3 is 1.62 bits per heavy atom. The minimum Gasteiger partial charge on any atom is -0.417 e. The number of fused-ring (bicyclic) bond motifs is 1. The monoisotopic (exact) mass is 856 g/mol. The number of hydrogen-bond acceptors (Lipinski definition) is 6. The Bertz CT molecular complexity index is 1020. The van der Waals surface area contributed by atoms with Crippen LogP contribution in [0.2, 0.25) is 72.5 Å². The van der Waals surface area contributed by atoms with Crippen LogP contribution in [-0.2, 0) is 27.2 Å². The van der Waals surface area contributed by atoms with E-state index in [-0.39, 0.29) is 57.8 Å². The summed E-state index contributed by atoms with van der Waals surface area (Å²) in [5.74, 6) is 0. The van der Waals surface area contributed by atoms with Crippen LogP contribution in [0.1, 0.15) is 102 Å². The molecule has 2 saturated heterocycles. The molecule has 284 valence electrons. The van der Waals surface area contributed by atoms with Gasteiger partial charge in [-0.25, -0.2) is 0 Å². The highest BCUT2D eigenvalue weighted by Gasteiger charge is 2.57. The molecule has 0 N–H and O–H groups in total. The molecule has 2 aliphatic rings. The van der Waals surface area contributed by atoms with Gasteiger partial charge >= 0.3 is 0 Å². The Labute approximate surface area is 315 Å². The topological polar surface area (TPSA) is 55.4 Å². The van der Waals surface area contributed by atoms with Gasteiger partial charge < -0.3 is 27.2 Å². The van der Waals surface area contributed by atoms with Crippen molar-refractivity contribution in [2.75, 3.05) is 6.61 Å². The maximum atomic E-state index is 7.54. The number of rotatable bonds is 15. The summed E-state index contributed by atoms with van der Waals surface area (Å²) in [6.07, 6.45) is 3.74. The number of hydrogen-bond donors (Lipinski definition) is 0. The minimum absolute atomic E-state index is 0.0202. The largest absolute Gasteiger partial charge is 0.417 e. The van der Waals surface area contributed by atoms with Crippen molar-refractivity contribution in [3.63, 3.8) is 0 Å². The van der Waals surface area contributed by atoms with Crippen LogP contribution >= 0.6 is 22.6 Å². The van der Waals surface area contributed by atoms with Gasteiger partial charge in [0.15, 0.2) is 33.3 Å². The van der Waals surface area contributed by atoms with Crippen molar-refractivity contribution < 1.29 is 27.2 Å². The zero-order valence-corrected chi connectivity index (χ0v) is 40.6. The molecular formula is C37H77IO6Si4. The van der Waals surface area contributed by atoms with Crippen molar-refractivity contribution in [1.82, 2.24) is 0 Å². The zero-order valence-electron chi connectivity index (χ0n) is 34.5. The van der Waals surface area contributed by atoms with Gasteiger partial charge in [-0.3, -0.25) is 0 Å². The van der Waals surface area contributed by atoms with Crippen LogP contribution < -0.4 is 0 Å². The lowest BCUT2D eigenvalue weighted by atomic mass is 9.87. The van der Waals surface area contributed by atoms with Crippen molar-refractivity contribution in [3.05, 3.63) is 10.2 Å². The first kappa shape index (κ1) is 45.3. The molecule has 0 saturated carbocycles. The standard InChI is InChI=1S/C37H77IO6Si4/c1-19-48(20-2,21-3)39-27-25-28-22-23-29-31(40-28)33(43-46(15,16)36(7,8)9)34(44-47(17,18)37(10,11)12)32(41-29)30(24-26-38)42-45(13,14)35(4,5)6/h24,26,28-34H,19-23,25,27H2,1-18H3/b26-24+/t28-,29+,30?,31+,32+,33+,34-/m1/s1. The molecule has 0 radical (unpaired) electrons. The molecule has 0 aromatic heterocycles. The van der Waals surface area contributed by atoms with Crippen molar-refractivity contribution >= 4 is 55.9 Å². The average Bonchev–Trinajstić information content (AvgIpc) is 2.94. The fourth-order valence-corrected chi connectivity index (χ4v) is 13.0. The normalized spacial score (nSPS) is 27.7. The highest BCUT2D eigenvalue weighted by Crippen LogP contribution is 2.47. The van der Waals surface area contributed by atoms with E-state index in [2.05, 4.69) is 155 Å². The van der Waals surface area contributed by atoms with Crippen molar-refractivity contribution in [1.29, 1.82) is 0 Å². The summed E-state index contributed by atoms with van der Waals surface area (Å²) >= 11 is 2.33. The van der Waals surface area contributed by atoms with Crippen LogP contribution in [0.15, 0.2) is 10.2 Å². The van der Waals surface area contributed by atoms with Crippen LogP contribution in [0, 0.1) is 0 Å². The van der Waals surface area contributed by atoms with Crippen molar-refractivity contribution in [3.8, 4) is 0 Å². The molecule has 2 rings (SSSR count). The van der Waals surface area contributed by atoms with E-state index in [4.69, 9.17) is 27.2 Å². The molecule has 2 aliphatic heterocycles. The van der Waals surface area contributed by atoms with E-state index >= 15 is 0 Å². The van der Waals surface area contributed by atoms with Crippen molar-refractivity contribution in [2.24, 2.45) is 0 Å². The molecule has 6 nitrogen and oxygen atoms in total. The van der Waals surface area contributed by atoms with Gasteiger partial charge in [-0.1, -0.05) is 106 Å². The van der Waals surface area contributed by atoms with Crippen molar-refractivity contribution in [2.45, 2.75) is 218 Å². The molecule has 0 aliphatic carbocycles. The molecule has 0 amide bonds. The molecule has 7 atom stereocenters. The molecule has 0 aromatic rings. The van der Waals surface area contributed by atoms with Gasteiger partial charge in [0.1, 0.15) is 24.4 Å². The summed E-state index contributed by atoms with van der Waals surface area (Å²) in [5.41, 5.74) is 0. The quantitative estimate of drug-likeness (QED) is 0.121. The van der Waals surface area contributed by atoms with Crippen LogP contribution in [0.4, 0.5) is 0 Å². The SMILES string of the molecule is CC[Si](CC)(CC)OCC[C@H]1CC[C@@H]2O[C@@H](C(/C=C/I)O[Si](C)(C)C(C)(C)C)[C@@H](O[Si](C)(C)C(C)(C)C)[C@@H](O[Si](C)(C)C(C)(C)C)[C@H]2O1. The second-order valence-corrected chi connectivity index (χ2v) is 38.9. The molecule has 0 aromatic carbocycles. The van der Waals surface area contributed by atoms with Crippen LogP contribution in [0.25, 0.3) is 0 Å². The third-order valence-corrected chi connectivity index (χ3v) is 31.4. The van der Waals surface area contributed by atoms with E-state index < -0.39 is 33.3 Å². The summed E-state index contributed by atoms with van der Waals surface area (Å²) in [5, 5.41) is 0.116. The lowest BCUT2D eigenvalue weighted by Gasteiger charge is -2.56. The summed E-state index contributed by atoms with van der Waals surface area (Å²) < 4.78 is 45.5. The van der Waals surface area contributed by atoms with Crippen LogP contribution in [0.3, 0.4) is 0 Å². The lowest BCUT2D eigenvalue weighted by Crippen LogP contribution is -2.69. The summed E-state index contributed by atoms with van der Waals surface area (Å²) in [6, 6.07) is 3.51. The minimum atomic E-state index is -2.28. The fourth-order valence-electron chi connectivity index (χ4n) is 6.03. The van der Waals surface area contributed by atoms with Gasteiger partial charge in [0.25, 0.3) is 0 Å². The van der Waals surface area contributed by atoms with E-state index in [1.807, 2.05) is 0 Å². The Morgan fingerprint density at radius 1 is 0.708 bits per heavy atom. The summed E-state index contributed by atoms with van der Waals surface area (Å²) in [6.45, 7) is 42.6. The number of halogens is 1. The molecule has 2 fully saturated rings. The third kappa shape index (κ3) is 11.1. The molecule has 48 heavy (non-hydrogen) atoms. The van der Waals surface area contributed by atoms with Crippen LogP contribution in [-0.4, -0.2) is 82.6 Å². The first-order chi connectivity index (χ1) is 21.7. The van der Waals surface area contributed by atoms with E-state index in [1.54, 1.807) is 0 Å². The maximum Gasteiger partial charge on any atom is 0.193 e. The first-order valence-electron chi connectivity index (χ1n) is 19.0. The van der Waals surface area contributed by atoms with Crippen LogP contribution in [0.5, 0.6) is 0 Å². The van der Waals surface area contributed by atoms with Gasteiger partial charge in [-0.2, -0.15) is 0 Å². The van der Waals surface area contributed by atoms with E-state index in [9.17, 15) is 0 Å². The predicted octanol–water partition coefficient (Wildman–Crippen LogP) is 11.8. The number of ether oxygens (including phenoxy) is 2. The summed E-state index contributed by atoms with van der Waals surface area (Å²) in [4.78, 5) is 0. The molecule has 0 spiro atoms. The fraction of sp³-hybridized carbons (Fsp3) is 0.946. The average molecular weight is 857 g/mol. The molecule has 0 bridgehead atoms. The summed E-state index contributed by atoms with van der Waals surface area (Å²) in [7, 11) is -8.34. The van der Waals surface area contributed by atoms with Gasteiger partial charge in [0, 0.05) is 6.61 Å². The second kappa shape index (κ2) is 17.1. The highest BCUT2D eigenvalue weighted by atomic mass is 127. The van der Waals surface area contributed by atoms with Gasteiger partial charge in [0.2, 0.25) is 0 Å². The van der Waals surface area contributed by atoms with Gasteiger partial charge in [-0.15, -0.1) is 0 Å². The predicted molar refractivity (Wildman–Crippen MR) is 224 cm³/mol. The molecule has 1 unspecified atom stereocenters. The zero-order chi connectivity index (χ0) is 37.1. The van der Waals surface area contributed by atoms with Gasteiger partial charge in [-0.05, 0) is 102 Å². The van der Waals surface area contributed by atoms with E-state index in [0.29, 0.717) is 0 Å². The molecule has 11 heteroatoms. The van der Waals surface area contributed by atoms with Gasteiger partial charge in [0.05, 0.1) is 18.3 Å². The maximum absolute atomic E-state index is 7.54. The molecule has 2 heterocycles. The molecular weight excluding hydrogens is 780 g/mol. The van der Waals surface area contributed by atoms with E-state index in [0.717, 1.165) is 25.9 Å². The van der Waals surface area contributed by atoms with E-state index in [1.165, 1.54) is 18.1 Å². The Hall–Kier alpha value is 1.10. The Morgan fingerprint density at radius 2 is 1.19 bits per heavy atom. The third-order valence-electron chi connectivity index (χ3n) is 12.9. The second-order valence-electron chi connectivity index (χ2n) is 19.2. The smallest absolute Gasteiger partial charge is 0.193 e.